The molecule has 1 aromatic heterocycles. The second kappa shape index (κ2) is 11.8. The van der Waals surface area contributed by atoms with Crippen LogP contribution in [0.4, 0.5) is 0 Å². The highest BCUT2D eigenvalue weighted by Crippen LogP contribution is 2.44. The van der Waals surface area contributed by atoms with Crippen LogP contribution in [0.25, 0.3) is 11.0 Å². The summed E-state index contributed by atoms with van der Waals surface area (Å²) >= 11 is 4.24. The molecule has 1 aromatic carbocycles. The smallest absolute Gasteiger partial charge is 0.0893 e. The summed E-state index contributed by atoms with van der Waals surface area (Å²) in [4.78, 5) is 10.3. The topological polar surface area (TPSA) is 46.0 Å². The molecule has 1 aliphatic heterocycles. The van der Waals surface area contributed by atoms with Crippen molar-refractivity contribution in [2.24, 2.45) is 5.41 Å². The fourth-order valence-corrected chi connectivity index (χ4v) is 8.78. The average molecular weight is 511 g/mol. The summed E-state index contributed by atoms with van der Waals surface area (Å²) in [6.07, 6.45) is 11.5. The lowest BCUT2D eigenvalue weighted by Crippen LogP contribution is -2.42. The van der Waals surface area contributed by atoms with Crippen LogP contribution in [0.15, 0.2) is 18.2 Å². The molecule has 0 bridgehead atoms. The van der Waals surface area contributed by atoms with Gasteiger partial charge in [-0.15, -0.1) is 0 Å². The Bertz CT molecular complexity index is 1000. The Kier molecular flexibility index (Phi) is 9.19. The summed E-state index contributed by atoms with van der Waals surface area (Å²) in [5, 5.41) is 12.1. The Morgan fingerprint density at radius 1 is 0.914 bits per heavy atom. The van der Waals surface area contributed by atoms with Gasteiger partial charge in [0.25, 0.3) is 0 Å². The van der Waals surface area contributed by atoms with Gasteiger partial charge in [-0.1, -0.05) is 72.3 Å². The van der Waals surface area contributed by atoms with Crippen LogP contribution < -0.4 is 0 Å². The monoisotopic (exact) mass is 510 g/mol. The maximum atomic E-state index is 11.2. The maximum Gasteiger partial charge on any atom is 0.0893 e. The summed E-state index contributed by atoms with van der Waals surface area (Å²) in [5.41, 5.74) is 5.23. The molecule has 2 radical (unpaired) electrons. The van der Waals surface area contributed by atoms with Crippen LogP contribution in [0.1, 0.15) is 102 Å². The average Bonchev–Trinajstić information content (AvgIpc) is 2.96. The van der Waals surface area contributed by atoms with Crippen molar-refractivity contribution < 1.29 is 5.11 Å². The molecule has 0 spiro atoms. The molecule has 4 rings (SSSR count). The summed E-state index contributed by atoms with van der Waals surface area (Å²) in [6.45, 7) is 8.33. The molecular weight excluding hydrogens is 467 g/mol. The van der Waals surface area contributed by atoms with Crippen LogP contribution in [-0.4, -0.2) is 39.5 Å². The highest BCUT2D eigenvalue weighted by molar-refractivity contribution is 8.03. The van der Waals surface area contributed by atoms with E-state index in [1.807, 2.05) is 6.92 Å². The molecule has 5 unspecified atom stereocenters. The third-order valence-corrected chi connectivity index (χ3v) is 11.6. The molecule has 190 valence electrons. The van der Waals surface area contributed by atoms with E-state index in [4.69, 9.17) is 17.8 Å². The molecule has 3 nitrogen and oxygen atoms in total. The Labute approximate surface area is 222 Å². The third-order valence-electron chi connectivity index (χ3n) is 8.61. The molecule has 0 amide bonds. The molecule has 0 saturated heterocycles. The van der Waals surface area contributed by atoms with E-state index in [9.17, 15) is 5.11 Å². The van der Waals surface area contributed by atoms with Crippen molar-refractivity contribution in [1.29, 1.82) is 0 Å². The van der Waals surface area contributed by atoms with Gasteiger partial charge in [-0.3, -0.25) is 0 Å². The highest BCUT2D eigenvalue weighted by atomic mass is 32.2. The fraction of sp³-hybridized carbons (Fsp3) is 0.724. The summed E-state index contributed by atoms with van der Waals surface area (Å²) < 4.78 is 0. The van der Waals surface area contributed by atoms with Crippen molar-refractivity contribution in [3.63, 3.8) is 0 Å². The van der Waals surface area contributed by atoms with E-state index in [1.165, 1.54) is 61.9 Å². The van der Waals surface area contributed by atoms with Gasteiger partial charge in [-0.25, -0.2) is 9.97 Å². The Morgan fingerprint density at radius 2 is 1.49 bits per heavy atom. The van der Waals surface area contributed by atoms with E-state index in [0.717, 1.165) is 52.3 Å². The van der Waals surface area contributed by atoms with E-state index in [1.54, 1.807) is 0 Å². The van der Waals surface area contributed by atoms with Crippen molar-refractivity contribution >= 4 is 42.4 Å². The minimum atomic E-state index is -0.597. The van der Waals surface area contributed by atoms with E-state index in [2.05, 4.69) is 62.5 Å². The summed E-state index contributed by atoms with van der Waals surface area (Å²) in [6, 6.07) is 6.49. The standard InChI is InChI=1S/C29H43BN2OS2/c1-5-28(3,27(33)29(4,30)6-2)17-20-14-15-21-22(16-20)32-24-19-35-26-13-11-9-7-8-10-12-25(26)34-18-23(24)31-21/h14-16,25-27,33H,5-13,17-19H2,1-4H3. The van der Waals surface area contributed by atoms with Gasteiger partial charge in [0.15, 0.2) is 0 Å². The minimum absolute atomic E-state index is 0.289. The van der Waals surface area contributed by atoms with E-state index in [0.29, 0.717) is 0 Å². The summed E-state index contributed by atoms with van der Waals surface area (Å²) in [5.74, 6) is 1.95. The lowest BCUT2D eigenvalue weighted by Gasteiger charge is -2.43. The fourth-order valence-electron chi connectivity index (χ4n) is 5.73. The molecule has 1 saturated carbocycles. The number of nitrogens with zero attached hydrogens (tertiary/aromatic N) is 2. The number of benzene rings is 1. The zero-order valence-electron chi connectivity index (χ0n) is 22.2. The number of fused-ring (bicyclic) bond motifs is 3. The Balaban J connectivity index is 1.57. The number of aliphatic hydroxyl groups excluding tert-OH is 1. The van der Waals surface area contributed by atoms with Gasteiger partial charge in [0.05, 0.1) is 36.4 Å². The largest absolute Gasteiger partial charge is 0.393 e. The molecule has 1 aliphatic carbocycles. The lowest BCUT2D eigenvalue weighted by molar-refractivity contribution is 0.000223. The van der Waals surface area contributed by atoms with Crippen molar-refractivity contribution in [2.45, 2.75) is 125 Å². The predicted molar refractivity (Wildman–Crippen MR) is 155 cm³/mol. The first kappa shape index (κ1) is 27.3. The van der Waals surface area contributed by atoms with Crippen molar-refractivity contribution in [1.82, 2.24) is 9.97 Å². The highest BCUT2D eigenvalue weighted by Gasteiger charge is 2.40. The Hall–Kier alpha value is -0.715. The zero-order valence-corrected chi connectivity index (χ0v) is 23.8. The molecule has 1 fully saturated rings. The van der Waals surface area contributed by atoms with Gasteiger partial charge in [0, 0.05) is 22.0 Å². The first-order chi connectivity index (χ1) is 16.8. The first-order valence-corrected chi connectivity index (χ1v) is 15.8. The lowest BCUT2D eigenvalue weighted by atomic mass is 9.56. The number of hydrogen-bond acceptors (Lipinski definition) is 5. The van der Waals surface area contributed by atoms with Gasteiger partial charge in [-0.2, -0.15) is 23.5 Å². The van der Waals surface area contributed by atoms with Gasteiger partial charge in [-0.05, 0) is 54.1 Å². The third kappa shape index (κ3) is 6.41. The van der Waals surface area contributed by atoms with Gasteiger partial charge >= 0.3 is 0 Å². The van der Waals surface area contributed by atoms with E-state index in [-0.39, 0.29) is 5.41 Å². The molecule has 2 aliphatic rings. The second-order valence-electron chi connectivity index (χ2n) is 11.4. The number of rotatable bonds is 6. The SMILES string of the molecule is [B]C(C)(CC)C(O)C(C)(CC)Cc1ccc2nc3c(nc2c1)CSC1CCCCCCCC1SC3. The van der Waals surface area contributed by atoms with Crippen LogP contribution in [0.5, 0.6) is 0 Å². The number of thioether (sulfide) groups is 2. The van der Waals surface area contributed by atoms with Crippen LogP contribution in [0.3, 0.4) is 0 Å². The van der Waals surface area contributed by atoms with Crippen molar-refractivity contribution in [3.8, 4) is 0 Å². The quantitative estimate of drug-likeness (QED) is 0.404. The molecular formula is C29H43BN2OS2. The first-order valence-electron chi connectivity index (χ1n) is 13.7. The van der Waals surface area contributed by atoms with Gasteiger partial charge in [0.2, 0.25) is 0 Å². The van der Waals surface area contributed by atoms with Gasteiger partial charge < -0.3 is 5.11 Å². The number of aromatic nitrogens is 2. The normalized spacial score (nSPS) is 26.0. The second-order valence-corrected chi connectivity index (χ2v) is 13.9. The van der Waals surface area contributed by atoms with Crippen LogP contribution in [-0.2, 0) is 17.9 Å². The van der Waals surface area contributed by atoms with Crippen molar-refractivity contribution in [3.05, 3.63) is 35.2 Å². The maximum absolute atomic E-state index is 11.2. The van der Waals surface area contributed by atoms with Gasteiger partial charge in [0.1, 0.15) is 0 Å². The zero-order chi connectivity index (χ0) is 25.1. The van der Waals surface area contributed by atoms with Crippen LogP contribution >= 0.6 is 23.5 Å². The van der Waals surface area contributed by atoms with E-state index >= 15 is 0 Å². The summed E-state index contributed by atoms with van der Waals surface area (Å²) in [7, 11) is 6.47. The molecule has 2 aromatic rings. The van der Waals surface area contributed by atoms with Crippen molar-refractivity contribution in [2.75, 3.05) is 0 Å². The van der Waals surface area contributed by atoms with E-state index < -0.39 is 11.4 Å². The predicted octanol–water partition coefficient (Wildman–Crippen LogP) is 7.67. The molecule has 5 atom stereocenters. The number of hydrogen-bond donors (Lipinski definition) is 1. The Morgan fingerprint density at radius 3 is 2.06 bits per heavy atom. The molecule has 1 N–H and O–H groups in total. The molecule has 6 heteroatoms. The van der Waals surface area contributed by atoms with Crippen LogP contribution in [0.2, 0.25) is 5.31 Å². The van der Waals surface area contributed by atoms with Crippen LogP contribution in [0, 0.1) is 5.41 Å². The molecule has 35 heavy (non-hydrogen) atoms. The minimum Gasteiger partial charge on any atom is -0.393 e. The molecule has 2 heterocycles. The number of aliphatic hydroxyl groups is 1.